The van der Waals surface area contributed by atoms with E-state index in [1.54, 1.807) is 16.8 Å². The molecule has 0 unspecified atom stereocenters. The number of carbonyl (C=O) groups is 2. The minimum absolute atomic E-state index is 0.0519. The second-order valence-corrected chi connectivity index (χ2v) is 3.20. The van der Waals surface area contributed by atoms with Crippen LogP contribution in [0.4, 0.5) is 4.79 Å². The number of nitrogens with zero attached hydrogens (tertiary/aromatic N) is 2. The van der Waals surface area contributed by atoms with E-state index >= 15 is 0 Å². The van der Waals surface area contributed by atoms with Crippen LogP contribution in [-0.2, 0) is 9.53 Å². The number of urea groups is 1. The van der Waals surface area contributed by atoms with E-state index in [4.69, 9.17) is 0 Å². The van der Waals surface area contributed by atoms with Crippen LogP contribution in [0.2, 0.25) is 0 Å². The maximum Gasteiger partial charge on any atom is 0.319 e. The average molecular weight is 216 g/mol. The van der Waals surface area contributed by atoms with Gasteiger partial charge in [-0.25, -0.2) is 4.79 Å². The Morgan fingerprint density at radius 2 is 1.80 bits per heavy atom. The SMILES string of the molecule is CCN(C)C(=O)N(CC)CCC(=O)OC. The third-order valence-corrected chi connectivity index (χ3v) is 2.27. The van der Waals surface area contributed by atoms with Gasteiger partial charge in [-0.3, -0.25) is 4.79 Å². The highest BCUT2D eigenvalue weighted by Crippen LogP contribution is 1.99. The molecular weight excluding hydrogens is 196 g/mol. The van der Waals surface area contributed by atoms with Gasteiger partial charge in [-0.1, -0.05) is 0 Å². The summed E-state index contributed by atoms with van der Waals surface area (Å²) >= 11 is 0. The monoisotopic (exact) mass is 216 g/mol. The van der Waals surface area contributed by atoms with Gasteiger partial charge in [0, 0.05) is 26.7 Å². The largest absolute Gasteiger partial charge is 0.469 e. The lowest BCUT2D eigenvalue weighted by atomic mass is 10.4. The van der Waals surface area contributed by atoms with E-state index < -0.39 is 0 Å². The highest BCUT2D eigenvalue weighted by molar-refractivity contribution is 5.75. The molecule has 0 aromatic heterocycles. The van der Waals surface area contributed by atoms with Gasteiger partial charge in [0.15, 0.2) is 0 Å². The Kier molecular flexibility index (Phi) is 6.49. The molecule has 0 bridgehead atoms. The molecule has 5 nitrogen and oxygen atoms in total. The van der Waals surface area contributed by atoms with Gasteiger partial charge in [-0.15, -0.1) is 0 Å². The smallest absolute Gasteiger partial charge is 0.319 e. The highest BCUT2D eigenvalue weighted by atomic mass is 16.5. The molecule has 0 N–H and O–H groups in total. The lowest BCUT2D eigenvalue weighted by Crippen LogP contribution is -2.41. The van der Waals surface area contributed by atoms with Crippen LogP contribution in [0.15, 0.2) is 0 Å². The Morgan fingerprint density at radius 3 is 2.20 bits per heavy atom. The van der Waals surface area contributed by atoms with E-state index in [0.29, 0.717) is 19.6 Å². The minimum atomic E-state index is -0.291. The summed E-state index contributed by atoms with van der Waals surface area (Å²) in [5.41, 5.74) is 0. The first-order valence-electron chi connectivity index (χ1n) is 5.13. The molecule has 2 amide bonds. The maximum absolute atomic E-state index is 11.7. The molecule has 0 aliphatic heterocycles. The quantitative estimate of drug-likeness (QED) is 0.643. The Morgan fingerprint density at radius 1 is 1.20 bits per heavy atom. The molecule has 0 saturated heterocycles. The summed E-state index contributed by atoms with van der Waals surface area (Å²) in [6.07, 6.45) is 0.244. The molecule has 88 valence electrons. The zero-order valence-electron chi connectivity index (χ0n) is 9.95. The molecule has 0 aromatic rings. The number of rotatable bonds is 5. The van der Waals surface area contributed by atoms with Crippen molar-refractivity contribution in [2.24, 2.45) is 0 Å². The summed E-state index contributed by atoms with van der Waals surface area (Å²) in [6, 6.07) is -0.0519. The van der Waals surface area contributed by atoms with Gasteiger partial charge >= 0.3 is 12.0 Å². The van der Waals surface area contributed by atoms with Crippen LogP contribution in [0.5, 0.6) is 0 Å². The van der Waals surface area contributed by atoms with Crippen LogP contribution in [0.1, 0.15) is 20.3 Å². The molecule has 5 heteroatoms. The fourth-order valence-corrected chi connectivity index (χ4v) is 1.09. The lowest BCUT2D eigenvalue weighted by Gasteiger charge is -2.25. The number of hydrogen-bond acceptors (Lipinski definition) is 3. The fourth-order valence-electron chi connectivity index (χ4n) is 1.09. The molecule has 0 aliphatic carbocycles. The van der Waals surface area contributed by atoms with Crippen molar-refractivity contribution in [3.8, 4) is 0 Å². The number of esters is 1. The number of carbonyl (C=O) groups excluding carboxylic acids is 2. The second kappa shape index (κ2) is 7.09. The molecule has 0 heterocycles. The number of methoxy groups -OCH3 is 1. The van der Waals surface area contributed by atoms with Crippen LogP contribution in [-0.4, -0.2) is 55.6 Å². The first-order chi connectivity index (χ1) is 7.06. The third kappa shape index (κ3) is 4.67. The topological polar surface area (TPSA) is 49.9 Å². The van der Waals surface area contributed by atoms with E-state index in [1.807, 2.05) is 13.8 Å². The van der Waals surface area contributed by atoms with Crippen LogP contribution in [0.3, 0.4) is 0 Å². The molecule has 0 saturated carbocycles. The predicted octanol–water partition coefficient (Wildman–Crippen LogP) is 0.943. The summed E-state index contributed by atoms with van der Waals surface area (Å²) < 4.78 is 4.52. The maximum atomic E-state index is 11.7. The van der Waals surface area contributed by atoms with Gasteiger partial charge < -0.3 is 14.5 Å². The van der Waals surface area contributed by atoms with Gasteiger partial charge in [0.2, 0.25) is 0 Å². The van der Waals surface area contributed by atoms with E-state index in [9.17, 15) is 9.59 Å². The lowest BCUT2D eigenvalue weighted by molar-refractivity contribution is -0.140. The average Bonchev–Trinajstić information content (AvgIpc) is 2.27. The minimum Gasteiger partial charge on any atom is -0.469 e. The van der Waals surface area contributed by atoms with Crippen molar-refractivity contribution >= 4 is 12.0 Å². The molecule has 0 fully saturated rings. The van der Waals surface area contributed by atoms with Crippen molar-refractivity contribution in [2.75, 3.05) is 33.8 Å². The molecule has 0 radical (unpaired) electrons. The Hall–Kier alpha value is -1.26. The van der Waals surface area contributed by atoms with Crippen LogP contribution >= 0.6 is 0 Å². The van der Waals surface area contributed by atoms with E-state index in [2.05, 4.69) is 4.74 Å². The zero-order valence-corrected chi connectivity index (χ0v) is 9.95. The Balaban J connectivity index is 4.12. The first kappa shape index (κ1) is 13.7. The van der Waals surface area contributed by atoms with E-state index in [0.717, 1.165) is 0 Å². The Labute approximate surface area is 91.0 Å². The molecule has 0 spiro atoms. The molecule has 0 aliphatic rings. The summed E-state index contributed by atoms with van der Waals surface area (Å²) in [5, 5.41) is 0. The number of ether oxygens (including phenoxy) is 1. The van der Waals surface area contributed by atoms with Gasteiger partial charge in [-0.05, 0) is 13.8 Å². The second-order valence-electron chi connectivity index (χ2n) is 3.20. The van der Waals surface area contributed by atoms with Gasteiger partial charge in [0.25, 0.3) is 0 Å². The van der Waals surface area contributed by atoms with Crippen LogP contribution in [0.25, 0.3) is 0 Å². The third-order valence-electron chi connectivity index (χ3n) is 2.27. The highest BCUT2D eigenvalue weighted by Gasteiger charge is 2.15. The van der Waals surface area contributed by atoms with Gasteiger partial charge in [0.1, 0.15) is 0 Å². The van der Waals surface area contributed by atoms with Crippen LogP contribution < -0.4 is 0 Å². The van der Waals surface area contributed by atoms with Crippen molar-refractivity contribution in [2.45, 2.75) is 20.3 Å². The van der Waals surface area contributed by atoms with Crippen molar-refractivity contribution < 1.29 is 14.3 Å². The van der Waals surface area contributed by atoms with Gasteiger partial charge in [-0.2, -0.15) is 0 Å². The molecule has 0 aromatic carbocycles. The zero-order chi connectivity index (χ0) is 11.8. The van der Waals surface area contributed by atoms with Crippen molar-refractivity contribution in [1.29, 1.82) is 0 Å². The normalized spacial score (nSPS) is 9.60. The Bertz CT molecular complexity index is 219. The number of amides is 2. The molecule has 0 atom stereocenters. The fraction of sp³-hybridized carbons (Fsp3) is 0.800. The standard InChI is InChI=1S/C10H20N2O3/c1-5-11(3)10(14)12(6-2)8-7-9(13)15-4/h5-8H2,1-4H3. The van der Waals surface area contributed by atoms with Crippen molar-refractivity contribution in [1.82, 2.24) is 9.80 Å². The van der Waals surface area contributed by atoms with Crippen molar-refractivity contribution in [3.63, 3.8) is 0 Å². The summed E-state index contributed by atoms with van der Waals surface area (Å²) in [5.74, 6) is -0.291. The summed E-state index contributed by atoms with van der Waals surface area (Å²) in [6.45, 7) is 5.46. The molecule has 0 rings (SSSR count). The van der Waals surface area contributed by atoms with E-state index in [-0.39, 0.29) is 18.4 Å². The van der Waals surface area contributed by atoms with Crippen LogP contribution in [0, 0.1) is 0 Å². The number of hydrogen-bond donors (Lipinski definition) is 0. The summed E-state index contributed by atoms with van der Waals surface area (Å²) in [4.78, 5) is 25.9. The van der Waals surface area contributed by atoms with E-state index in [1.165, 1.54) is 7.11 Å². The van der Waals surface area contributed by atoms with Crippen molar-refractivity contribution in [3.05, 3.63) is 0 Å². The first-order valence-corrected chi connectivity index (χ1v) is 5.13. The summed E-state index contributed by atoms with van der Waals surface area (Å²) in [7, 11) is 3.09. The molecular formula is C10H20N2O3. The predicted molar refractivity (Wildman–Crippen MR) is 57.6 cm³/mol. The van der Waals surface area contributed by atoms with Gasteiger partial charge in [0.05, 0.1) is 13.5 Å². The molecule has 15 heavy (non-hydrogen) atoms.